The summed E-state index contributed by atoms with van der Waals surface area (Å²) < 4.78 is 27.2. The molecule has 1 saturated heterocycles. The van der Waals surface area contributed by atoms with E-state index in [0.717, 1.165) is 30.5 Å². The fourth-order valence-electron chi connectivity index (χ4n) is 3.61. The summed E-state index contributed by atoms with van der Waals surface area (Å²) in [6, 6.07) is 12.3. The normalized spacial score (nSPS) is 17.5. The lowest BCUT2D eigenvalue weighted by Gasteiger charge is -2.20. The van der Waals surface area contributed by atoms with E-state index in [1.54, 1.807) is 11.0 Å². The summed E-state index contributed by atoms with van der Waals surface area (Å²) in [6.45, 7) is 1.59. The summed E-state index contributed by atoms with van der Waals surface area (Å²) in [4.78, 5) is 14.7. The zero-order valence-corrected chi connectivity index (χ0v) is 15.8. The van der Waals surface area contributed by atoms with Gasteiger partial charge in [-0.3, -0.25) is 4.79 Å². The van der Waals surface area contributed by atoms with Crippen LogP contribution in [0.1, 0.15) is 28.8 Å². The topological polar surface area (TPSA) is 57.7 Å². The Balaban J connectivity index is 1.70. The number of nitrogens with zero attached hydrogens (tertiary/aromatic N) is 2. The quantitative estimate of drug-likeness (QED) is 0.807. The largest absolute Gasteiger partial charge is 0.308 e. The lowest BCUT2D eigenvalue weighted by Crippen LogP contribution is -2.30. The van der Waals surface area contributed by atoms with Crippen molar-refractivity contribution < 1.29 is 13.2 Å². The molecule has 0 N–H and O–H groups in total. The van der Waals surface area contributed by atoms with Gasteiger partial charge in [0.25, 0.3) is 5.91 Å². The van der Waals surface area contributed by atoms with Crippen molar-refractivity contribution in [3.8, 4) is 0 Å². The molecular weight excluding hydrogens is 372 g/mol. The van der Waals surface area contributed by atoms with E-state index in [4.69, 9.17) is 11.6 Å². The maximum atomic E-state index is 13.0. The number of halogens is 1. The number of hydrogen-bond donors (Lipinski definition) is 0. The predicted molar refractivity (Wildman–Crippen MR) is 101 cm³/mol. The van der Waals surface area contributed by atoms with Crippen molar-refractivity contribution in [2.75, 3.05) is 24.5 Å². The highest BCUT2D eigenvalue weighted by atomic mass is 35.5. The Hall–Kier alpha value is -1.89. The Morgan fingerprint density at radius 3 is 2.50 bits per heavy atom. The summed E-state index contributed by atoms with van der Waals surface area (Å²) >= 11 is 6.17. The number of sulfonamides is 1. The average molecular weight is 391 g/mol. The molecule has 0 radical (unpaired) electrons. The average Bonchev–Trinajstić information content (AvgIpc) is 3.31. The van der Waals surface area contributed by atoms with Gasteiger partial charge in [0.2, 0.25) is 10.0 Å². The number of rotatable bonds is 3. The number of para-hydroxylation sites is 1. The molecule has 5 nitrogen and oxygen atoms in total. The van der Waals surface area contributed by atoms with E-state index in [1.165, 1.54) is 16.4 Å². The third kappa shape index (κ3) is 2.92. The molecule has 0 unspecified atom stereocenters. The first-order valence-electron chi connectivity index (χ1n) is 8.68. The van der Waals surface area contributed by atoms with Gasteiger partial charge < -0.3 is 4.90 Å². The third-order valence-electron chi connectivity index (χ3n) is 4.99. The van der Waals surface area contributed by atoms with Crippen LogP contribution in [0.15, 0.2) is 47.4 Å². The fourth-order valence-corrected chi connectivity index (χ4v) is 5.62. The van der Waals surface area contributed by atoms with E-state index >= 15 is 0 Å². The molecule has 0 atom stereocenters. The van der Waals surface area contributed by atoms with E-state index in [-0.39, 0.29) is 15.8 Å². The van der Waals surface area contributed by atoms with Gasteiger partial charge in [0.1, 0.15) is 4.90 Å². The molecule has 2 aromatic rings. The van der Waals surface area contributed by atoms with Crippen LogP contribution in [-0.4, -0.2) is 38.3 Å². The number of carbonyl (C=O) groups is 1. The van der Waals surface area contributed by atoms with Gasteiger partial charge in [-0.15, -0.1) is 0 Å². The number of fused-ring (bicyclic) bond motifs is 1. The highest BCUT2D eigenvalue weighted by Gasteiger charge is 2.31. The van der Waals surface area contributed by atoms with Crippen LogP contribution in [0.4, 0.5) is 5.69 Å². The third-order valence-corrected chi connectivity index (χ3v) is 7.37. The molecule has 2 aliphatic rings. The van der Waals surface area contributed by atoms with Gasteiger partial charge in [-0.2, -0.15) is 4.31 Å². The number of benzene rings is 2. The molecule has 0 saturated carbocycles. The number of carbonyl (C=O) groups excluding carboxylic acids is 1. The van der Waals surface area contributed by atoms with Crippen molar-refractivity contribution in [1.29, 1.82) is 0 Å². The second-order valence-corrected chi connectivity index (χ2v) is 8.91. The van der Waals surface area contributed by atoms with Gasteiger partial charge in [0.05, 0.1) is 5.02 Å². The lowest BCUT2D eigenvalue weighted by atomic mass is 10.1. The van der Waals surface area contributed by atoms with E-state index in [9.17, 15) is 13.2 Å². The second-order valence-electron chi connectivity index (χ2n) is 6.59. The smallest absolute Gasteiger partial charge is 0.258 e. The van der Waals surface area contributed by atoms with Crippen molar-refractivity contribution >= 4 is 33.2 Å². The van der Waals surface area contributed by atoms with Crippen LogP contribution < -0.4 is 4.90 Å². The van der Waals surface area contributed by atoms with Gasteiger partial charge >= 0.3 is 0 Å². The van der Waals surface area contributed by atoms with Crippen LogP contribution in [-0.2, 0) is 16.4 Å². The van der Waals surface area contributed by atoms with Crippen LogP contribution in [0.5, 0.6) is 0 Å². The van der Waals surface area contributed by atoms with Crippen molar-refractivity contribution in [3.63, 3.8) is 0 Å². The number of amides is 1. The Morgan fingerprint density at radius 1 is 1.00 bits per heavy atom. The first-order valence-corrected chi connectivity index (χ1v) is 10.5. The first kappa shape index (κ1) is 17.5. The standard InChI is InChI=1S/C19H19ClN2O3S/c20-16-8-7-15(13-18(16)26(24,25)21-10-3-4-11-21)19(23)22-12-9-14-5-1-2-6-17(14)22/h1-2,5-8,13H,3-4,9-12H2. The fraction of sp³-hybridized carbons (Fsp3) is 0.316. The highest BCUT2D eigenvalue weighted by Crippen LogP contribution is 2.31. The van der Waals surface area contributed by atoms with Gasteiger partial charge in [-0.25, -0.2) is 8.42 Å². The Morgan fingerprint density at radius 2 is 1.73 bits per heavy atom. The molecule has 2 aromatic carbocycles. The SMILES string of the molecule is O=C(c1ccc(Cl)c(S(=O)(=O)N2CCCC2)c1)N1CCc2ccccc21. The van der Waals surface area contributed by atoms with Crippen LogP contribution >= 0.6 is 11.6 Å². The molecule has 1 fully saturated rings. The molecule has 0 spiro atoms. The minimum Gasteiger partial charge on any atom is -0.308 e. The van der Waals surface area contributed by atoms with Crippen LogP contribution in [0, 0.1) is 0 Å². The van der Waals surface area contributed by atoms with E-state index in [2.05, 4.69) is 0 Å². The van der Waals surface area contributed by atoms with Gasteiger partial charge in [-0.1, -0.05) is 29.8 Å². The zero-order chi connectivity index (χ0) is 18.3. The number of hydrogen-bond acceptors (Lipinski definition) is 3. The minimum atomic E-state index is -3.68. The maximum Gasteiger partial charge on any atom is 0.258 e. The van der Waals surface area contributed by atoms with Crippen molar-refractivity contribution in [2.45, 2.75) is 24.2 Å². The van der Waals surface area contributed by atoms with E-state index in [0.29, 0.717) is 25.2 Å². The Bertz CT molecular complexity index is 968. The molecule has 4 rings (SSSR count). The summed E-state index contributed by atoms with van der Waals surface area (Å²) in [5.74, 6) is -0.204. The van der Waals surface area contributed by atoms with Crippen LogP contribution in [0.2, 0.25) is 5.02 Å². The zero-order valence-electron chi connectivity index (χ0n) is 14.2. The van der Waals surface area contributed by atoms with Gasteiger partial charge in [-0.05, 0) is 49.1 Å². The molecule has 0 bridgehead atoms. The molecule has 26 heavy (non-hydrogen) atoms. The molecule has 2 aliphatic heterocycles. The molecule has 1 amide bonds. The van der Waals surface area contributed by atoms with Crippen LogP contribution in [0.25, 0.3) is 0 Å². The number of anilines is 1. The summed E-state index contributed by atoms with van der Waals surface area (Å²) in [7, 11) is -3.68. The molecule has 0 aliphatic carbocycles. The summed E-state index contributed by atoms with van der Waals surface area (Å²) in [6.07, 6.45) is 2.49. The second kappa shape index (κ2) is 6.68. The Labute approximate surface area is 158 Å². The lowest BCUT2D eigenvalue weighted by molar-refractivity contribution is 0.0989. The highest BCUT2D eigenvalue weighted by molar-refractivity contribution is 7.89. The van der Waals surface area contributed by atoms with E-state index in [1.807, 2.05) is 24.3 Å². The molecule has 0 aromatic heterocycles. The monoisotopic (exact) mass is 390 g/mol. The van der Waals surface area contributed by atoms with Gasteiger partial charge in [0.15, 0.2) is 0 Å². The molecular formula is C19H19ClN2O3S. The van der Waals surface area contributed by atoms with Crippen LogP contribution in [0.3, 0.4) is 0 Å². The minimum absolute atomic E-state index is 0.0133. The molecule has 2 heterocycles. The van der Waals surface area contributed by atoms with Crippen molar-refractivity contribution in [2.24, 2.45) is 0 Å². The summed E-state index contributed by atoms with van der Waals surface area (Å²) in [5, 5.41) is 0.148. The predicted octanol–water partition coefficient (Wildman–Crippen LogP) is 3.33. The van der Waals surface area contributed by atoms with Crippen molar-refractivity contribution in [3.05, 3.63) is 58.6 Å². The maximum absolute atomic E-state index is 13.0. The van der Waals surface area contributed by atoms with Crippen molar-refractivity contribution in [1.82, 2.24) is 4.31 Å². The first-order chi connectivity index (χ1) is 12.5. The summed E-state index contributed by atoms with van der Waals surface area (Å²) in [5.41, 5.74) is 2.35. The molecule has 7 heteroatoms. The Kier molecular flexibility index (Phi) is 4.50. The van der Waals surface area contributed by atoms with Gasteiger partial charge in [0, 0.05) is 30.9 Å². The molecule has 136 valence electrons. The van der Waals surface area contributed by atoms with E-state index < -0.39 is 10.0 Å².